The van der Waals surface area contributed by atoms with Crippen molar-refractivity contribution in [2.45, 2.75) is 18.9 Å². The molecule has 1 atom stereocenters. The van der Waals surface area contributed by atoms with Gasteiger partial charge in [0.1, 0.15) is 0 Å². The van der Waals surface area contributed by atoms with Crippen LogP contribution in [0.4, 0.5) is 0 Å². The molecule has 4 nitrogen and oxygen atoms in total. The number of carboxylic acid groups (broad SMARTS) is 1. The van der Waals surface area contributed by atoms with Gasteiger partial charge in [0.2, 0.25) is 0 Å². The van der Waals surface area contributed by atoms with Crippen LogP contribution >= 0.6 is 0 Å². The van der Waals surface area contributed by atoms with Gasteiger partial charge >= 0.3 is 5.97 Å². The summed E-state index contributed by atoms with van der Waals surface area (Å²) in [6, 6.07) is 8.61. The molecule has 0 aliphatic rings. The van der Waals surface area contributed by atoms with Crippen molar-refractivity contribution < 1.29 is 9.90 Å². The Morgan fingerprint density at radius 3 is 2.53 bits per heavy atom. The molecule has 0 saturated carbocycles. The Kier molecular flexibility index (Phi) is 3.83. The highest BCUT2D eigenvalue weighted by Gasteiger charge is 2.08. The summed E-state index contributed by atoms with van der Waals surface area (Å²) >= 11 is 0. The minimum Gasteiger partial charge on any atom is -0.481 e. The first-order valence-corrected chi connectivity index (χ1v) is 4.58. The molecule has 15 heavy (non-hydrogen) atoms. The van der Waals surface area contributed by atoms with E-state index < -0.39 is 5.97 Å². The van der Waals surface area contributed by atoms with Crippen molar-refractivity contribution in [2.24, 2.45) is 5.73 Å². The maximum atomic E-state index is 10.4. The van der Waals surface area contributed by atoms with E-state index in [1.54, 1.807) is 24.3 Å². The van der Waals surface area contributed by atoms with Gasteiger partial charge in [-0.05, 0) is 24.1 Å². The van der Waals surface area contributed by atoms with Gasteiger partial charge in [-0.15, -0.1) is 0 Å². The van der Waals surface area contributed by atoms with Crippen LogP contribution in [0.1, 0.15) is 17.5 Å². The predicted octanol–water partition coefficient (Wildman–Crippen LogP) is 0.903. The average molecular weight is 204 g/mol. The molecule has 4 heteroatoms. The topological polar surface area (TPSA) is 87.1 Å². The number of carbonyl (C=O) groups is 1. The number of aliphatic carboxylic acids is 1. The molecule has 0 unspecified atom stereocenters. The second-order valence-corrected chi connectivity index (χ2v) is 3.37. The number of carboxylic acids is 1. The quantitative estimate of drug-likeness (QED) is 0.762. The smallest absolute Gasteiger partial charge is 0.304 e. The van der Waals surface area contributed by atoms with Crippen LogP contribution in [-0.2, 0) is 11.2 Å². The lowest BCUT2D eigenvalue weighted by molar-refractivity contribution is -0.137. The summed E-state index contributed by atoms with van der Waals surface area (Å²) in [4.78, 5) is 10.4. The number of nitriles is 1. The van der Waals surface area contributed by atoms with E-state index in [0.29, 0.717) is 12.0 Å². The summed E-state index contributed by atoms with van der Waals surface area (Å²) in [5, 5.41) is 17.1. The fourth-order valence-electron chi connectivity index (χ4n) is 1.31. The van der Waals surface area contributed by atoms with E-state index in [1.165, 1.54) is 0 Å². The minimum atomic E-state index is -0.892. The van der Waals surface area contributed by atoms with Crippen molar-refractivity contribution in [3.63, 3.8) is 0 Å². The highest BCUT2D eigenvalue weighted by molar-refractivity contribution is 5.67. The normalized spacial score (nSPS) is 11.7. The van der Waals surface area contributed by atoms with E-state index in [0.717, 1.165) is 5.56 Å². The van der Waals surface area contributed by atoms with E-state index in [2.05, 4.69) is 0 Å². The molecule has 0 bridgehead atoms. The highest BCUT2D eigenvalue weighted by atomic mass is 16.4. The predicted molar refractivity (Wildman–Crippen MR) is 55.1 cm³/mol. The van der Waals surface area contributed by atoms with Crippen molar-refractivity contribution in [2.75, 3.05) is 0 Å². The summed E-state index contributed by atoms with van der Waals surface area (Å²) < 4.78 is 0. The van der Waals surface area contributed by atoms with Crippen LogP contribution in [-0.4, -0.2) is 17.1 Å². The number of hydrogen-bond donors (Lipinski definition) is 2. The van der Waals surface area contributed by atoms with Crippen LogP contribution in [0.2, 0.25) is 0 Å². The van der Waals surface area contributed by atoms with Gasteiger partial charge in [0.05, 0.1) is 18.1 Å². The molecule has 0 aliphatic heterocycles. The third-order valence-corrected chi connectivity index (χ3v) is 2.02. The third-order valence-electron chi connectivity index (χ3n) is 2.02. The van der Waals surface area contributed by atoms with E-state index >= 15 is 0 Å². The van der Waals surface area contributed by atoms with Crippen molar-refractivity contribution >= 4 is 5.97 Å². The molecule has 1 aromatic carbocycles. The molecule has 0 heterocycles. The second-order valence-electron chi connectivity index (χ2n) is 3.37. The van der Waals surface area contributed by atoms with Gasteiger partial charge in [-0.1, -0.05) is 12.1 Å². The highest BCUT2D eigenvalue weighted by Crippen LogP contribution is 2.06. The summed E-state index contributed by atoms with van der Waals surface area (Å²) in [5.41, 5.74) is 7.17. The zero-order valence-corrected chi connectivity index (χ0v) is 8.18. The zero-order chi connectivity index (χ0) is 11.3. The van der Waals surface area contributed by atoms with Crippen LogP contribution in [0.25, 0.3) is 0 Å². The number of rotatable bonds is 4. The Morgan fingerprint density at radius 1 is 1.47 bits per heavy atom. The molecular formula is C11H12N2O2. The first-order chi connectivity index (χ1) is 7.11. The van der Waals surface area contributed by atoms with Crippen molar-refractivity contribution in [3.8, 4) is 6.07 Å². The van der Waals surface area contributed by atoms with E-state index in [-0.39, 0.29) is 12.5 Å². The maximum absolute atomic E-state index is 10.4. The summed E-state index contributed by atoms with van der Waals surface area (Å²) in [6.07, 6.45) is 0.470. The van der Waals surface area contributed by atoms with Gasteiger partial charge < -0.3 is 10.8 Å². The van der Waals surface area contributed by atoms with E-state index in [1.807, 2.05) is 6.07 Å². The molecule has 0 fully saturated rings. The molecule has 0 radical (unpaired) electrons. The molecule has 0 spiro atoms. The SMILES string of the molecule is N#Cc1ccc(C[C@H](N)CC(=O)O)cc1. The molecule has 1 aromatic rings. The Balaban J connectivity index is 2.58. The van der Waals surface area contributed by atoms with Crippen molar-refractivity contribution in [3.05, 3.63) is 35.4 Å². The molecule has 0 aliphatic carbocycles. The van der Waals surface area contributed by atoms with Crippen molar-refractivity contribution in [1.29, 1.82) is 5.26 Å². The van der Waals surface area contributed by atoms with Crippen LogP contribution in [0.5, 0.6) is 0 Å². The Morgan fingerprint density at radius 2 is 2.07 bits per heavy atom. The Labute approximate surface area is 87.9 Å². The number of nitrogens with zero attached hydrogens (tertiary/aromatic N) is 1. The summed E-state index contributed by atoms with van der Waals surface area (Å²) in [7, 11) is 0. The van der Waals surface area contributed by atoms with Crippen LogP contribution < -0.4 is 5.73 Å². The number of nitrogens with two attached hydrogens (primary N) is 1. The lowest BCUT2D eigenvalue weighted by Crippen LogP contribution is -2.26. The van der Waals surface area contributed by atoms with Crippen LogP contribution in [0.15, 0.2) is 24.3 Å². The van der Waals surface area contributed by atoms with Gasteiger partial charge in [-0.25, -0.2) is 0 Å². The van der Waals surface area contributed by atoms with Gasteiger partial charge in [-0.3, -0.25) is 4.79 Å². The van der Waals surface area contributed by atoms with Gasteiger partial charge in [0, 0.05) is 6.04 Å². The molecule has 0 aromatic heterocycles. The fourth-order valence-corrected chi connectivity index (χ4v) is 1.31. The van der Waals surface area contributed by atoms with Crippen molar-refractivity contribution in [1.82, 2.24) is 0 Å². The monoisotopic (exact) mass is 204 g/mol. The van der Waals surface area contributed by atoms with Gasteiger partial charge in [-0.2, -0.15) is 5.26 Å². The van der Waals surface area contributed by atoms with Gasteiger partial charge in [0.15, 0.2) is 0 Å². The molecule has 3 N–H and O–H groups in total. The lowest BCUT2D eigenvalue weighted by Gasteiger charge is -2.08. The Bertz CT molecular complexity index is 379. The maximum Gasteiger partial charge on any atom is 0.304 e. The lowest BCUT2D eigenvalue weighted by atomic mass is 10.0. The number of hydrogen-bond acceptors (Lipinski definition) is 3. The third kappa shape index (κ3) is 3.79. The van der Waals surface area contributed by atoms with Gasteiger partial charge in [0.25, 0.3) is 0 Å². The minimum absolute atomic E-state index is 0.0417. The fraction of sp³-hybridized carbons (Fsp3) is 0.273. The summed E-state index contributed by atoms with van der Waals surface area (Å²) in [5.74, 6) is -0.892. The Hall–Kier alpha value is -1.86. The van der Waals surface area contributed by atoms with E-state index in [9.17, 15) is 4.79 Å². The second kappa shape index (κ2) is 5.13. The molecule has 0 saturated heterocycles. The zero-order valence-electron chi connectivity index (χ0n) is 8.18. The largest absolute Gasteiger partial charge is 0.481 e. The molecular weight excluding hydrogens is 192 g/mol. The first kappa shape index (κ1) is 11.2. The first-order valence-electron chi connectivity index (χ1n) is 4.58. The number of benzene rings is 1. The van der Waals surface area contributed by atoms with E-state index in [4.69, 9.17) is 16.1 Å². The van der Waals surface area contributed by atoms with Crippen LogP contribution in [0, 0.1) is 11.3 Å². The van der Waals surface area contributed by atoms with Crippen LogP contribution in [0.3, 0.4) is 0 Å². The molecule has 1 rings (SSSR count). The summed E-state index contributed by atoms with van der Waals surface area (Å²) in [6.45, 7) is 0. The average Bonchev–Trinajstić information content (AvgIpc) is 2.17. The molecule has 78 valence electrons. The molecule has 0 amide bonds. The standard InChI is InChI=1S/C11H12N2O2/c12-7-9-3-1-8(2-4-9)5-10(13)6-11(14)15/h1-4,10H,5-6,13H2,(H,14,15)/t10-/m0/s1.